The van der Waals surface area contributed by atoms with Crippen LogP contribution in [0.3, 0.4) is 0 Å². The molecule has 0 amide bonds. The molecule has 0 atom stereocenters. The second-order valence-corrected chi connectivity index (χ2v) is 4.53. The van der Waals surface area contributed by atoms with Gasteiger partial charge in [0.05, 0.1) is 6.61 Å². The SMILES string of the molecule is CCOc1cc(Sc2ncnn2C)c(N)cc1F. The molecule has 0 bridgehead atoms. The molecule has 18 heavy (non-hydrogen) atoms. The standard InChI is InChI=1S/C11H13FN4OS/c1-3-17-9-5-10(8(13)4-7(9)12)18-11-14-6-15-16(11)2/h4-6H,3,13H2,1-2H3. The number of halogens is 1. The van der Waals surface area contributed by atoms with E-state index in [0.717, 1.165) is 0 Å². The van der Waals surface area contributed by atoms with Crippen LogP contribution in [0.2, 0.25) is 0 Å². The lowest BCUT2D eigenvalue weighted by molar-refractivity contribution is 0.321. The normalized spacial score (nSPS) is 10.6. The van der Waals surface area contributed by atoms with Gasteiger partial charge in [0, 0.05) is 23.7 Å². The molecule has 1 aromatic carbocycles. The second-order valence-electron chi connectivity index (χ2n) is 3.52. The highest BCUT2D eigenvalue weighted by Crippen LogP contribution is 2.34. The maximum absolute atomic E-state index is 13.5. The minimum absolute atomic E-state index is 0.191. The molecule has 0 radical (unpaired) electrons. The summed E-state index contributed by atoms with van der Waals surface area (Å²) in [4.78, 5) is 4.77. The van der Waals surface area contributed by atoms with Gasteiger partial charge in [-0.2, -0.15) is 5.10 Å². The van der Waals surface area contributed by atoms with Crippen LogP contribution in [0.1, 0.15) is 6.92 Å². The molecule has 0 unspecified atom stereocenters. The Labute approximate surface area is 108 Å². The quantitative estimate of drug-likeness (QED) is 0.860. The van der Waals surface area contributed by atoms with Gasteiger partial charge in [-0.05, 0) is 24.8 Å². The lowest BCUT2D eigenvalue weighted by Crippen LogP contribution is -1.99. The number of nitrogens with zero attached hydrogens (tertiary/aromatic N) is 3. The number of anilines is 1. The Kier molecular flexibility index (Phi) is 3.71. The highest BCUT2D eigenvalue weighted by molar-refractivity contribution is 7.99. The van der Waals surface area contributed by atoms with Crippen molar-refractivity contribution in [1.29, 1.82) is 0 Å². The van der Waals surface area contributed by atoms with Crippen LogP contribution in [0.5, 0.6) is 5.75 Å². The third-order valence-electron chi connectivity index (χ3n) is 2.24. The molecule has 7 heteroatoms. The topological polar surface area (TPSA) is 66.0 Å². The van der Waals surface area contributed by atoms with E-state index in [1.54, 1.807) is 24.7 Å². The van der Waals surface area contributed by atoms with Gasteiger partial charge in [0.15, 0.2) is 16.7 Å². The van der Waals surface area contributed by atoms with E-state index in [2.05, 4.69) is 10.1 Å². The van der Waals surface area contributed by atoms with Gasteiger partial charge in [0.1, 0.15) is 6.33 Å². The molecular weight excluding hydrogens is 255 g/mol. The Morgan fingerprint density at radius 2 is 2.28 bits per heavy atom. The third kappa shape index (κ3) is 2.56. The molecule has 96 valence electrons. The number of nitrogen functional groups attached to an aromatic ring is 1. The summed E-state index contributed by atoms with van der Waals surface area (Å²) < 4.78 is 20.3. The van der Waals surface area contributed by atoms with E-state index in [-0.39, 0.29) is 5.75 Å². The first kappa shape index (κ1) is 12.7. The summed E-state index contributed by atoms with van der Waals surface area (Å²) in [6.07, 6.45) is 1.45. The molecule has 0 spiro atoms. The molecule has 0 saturated carbocycles. The summed E-state index contributed by atoms with van der Waals surface area (Å²) in [5.41, 5.74) is 6.13. The van der Waals surface area contributed by atoms with Crippen molar-refractivity contribution < 1.29 is 9.13 Å². The molecule has 0 saturated heterocycles. The third-order valence-corrected chi connectivity index (χ3v) is 3.36. The second kappa shape index (κ2) is 5.26. The number of hydrogen-bond donors (Lipinski definition) is 1. The highest BCUT2D eigenvalue weighted by Gasteiger charge is 2.12. The van der Waals surface area contributed by atoms with Gasteiger partial charge in [-0.1, -0.05) is 0 Å². The first-order chi connectivity index (χ1) is 8.61. The number of aryl methyl sites for hydroxylation is 1. The van der Waals surface area contributed by atoms with Crippen LogP contribution in [-0.4, -0.2) is 21.4 Å². The van der Waals surface area contributed by atoms with Gasteiger partial charge >= 0.3 is 0 Å². The van der Waals surface area contributed by atoms with Crippen LogP contribution in [0.25, 0.3) is 0 Å². The first-order valence-corrected chi connectivity index (χ1v) is 6.17. The van der Waals surface area contributed by atoms with Crippen molar-refractivity contribution in [2.75, 3.05) is 12.3 Å². The Morgan fingerprint density at radius 3 is 2.89 bits per heavy atom. The van der Waals surface area contributed by atoms with Crippen molar-refractivity contribution in [1.82, 2.24) is 14.8 Å². The van der Waals surface area contributed by atoms with E-state index in [9.17, 15) is 4.39 Å². The zero-order valence-corrected chi connectivity index (χ0v) is 10.9. The zero-order valence-electron chi connectivity index (χ0n) is 10.1. The van der Waals surface area contributed by atoms with Gasteiger partial charge in [-0.15, -0.1) is 0 Å². The highest BCUT2D eigenvalue weighted by atomic mass is 32.2. The largest absolute Gasteiger partial charge is 0.491 e. The summed E-state index contributed by atoms with van der Waals surface area (Å²) >= 11 is 1.31. The Balaban J connectivity index is 2.32. The minimum Gasteiger partial charge on any atom is -0.491 e. The van der Waals surface area contributed by atoms with Crippen molar-refractivity contribution in [3.8, 4) is 5.75 Å². The number of rotatable bonds is 4. The maximum atomic E-state index is 13.5. The summed E-state index contributed by atoms with van der Waals surface area (Å²) in [6.45, 7) is 2.19. The molecule has 1 heterocycles. The Morgan fingerprint density at radius 1 is 1.50 bits per heavy atom. The van der Waals surface area contributed by atoms with E-state index in [4.69, 9.17) is 10.5 Å². The number of hydrogen-bond acceptors (Lipinski definition) is 5. The average Bonchev–Trinajstić information content (AvgIpc) is 2.71. The average molecular weight is 268 g/mol. The fourth-order valence-corrected chi connectivity index (χ4v) is 2.20. The number of benzene rings is 1. The van der Waals surface area contributed by atoms with Crippen molar-refractivity contribution in [3.63, 3.8) is 0 Å². The van der Waals surface area contributed by atoms with Gasteiger partial charge in [-0.3, -0.25) is 0 Å². The van der Waals surface area contributed by atoms with Gasteiger partial charge in [0.2, 0.25) is 0 Å². The zero-order chi connectivity index (χ0) is 13.1. The van der Waals surface area contributed by atoms with Crippen LogP contribution >= 0.6 is 11.8 Å². The molecule has 2 aromatic rings. The Hall–Kier alpha value is -1.76. The van der Waals surface area contributed by atoms with Gasteiger partial charge < -0.3 is 10.5 Å². The number of ether oxygens (including phenoxy) is 1. The molecule has 0 aliphatic rings. The van der Waals surface area contributed by atoms with Crippen molar-refractivity contribution in [2.24, 2.45) is 7.05 Å². The van der Waals surface area contributed by atoms with Gasteiger partial charge in [-0.25, -0.2) is 14.1 Å². The predicted molar refractivity (Wildman–Crippen MR) is 67.1 cm³/mol. The van der Waals surface area contributed by atoms with E-state index >= 15 is 0 Å². The predicted octanol–water partition coefficient (Wildman–Crippen LogP) is 2.09. The monoisotopic (exact) mass is 268 g/mol. The molecule has 2 rings (SSSR count). The van der Waals surface area contributed by atoms with E-state index < -0.39 is 5.82 Å². The molecule has 0 fully saturated rings. The van der Waals surface area contributed by atoms with Crippen molar-refractivity contribution >= 4 is 17.4 Å². The van der Waals surface area contributed by atoms with E-state index in [1.807, 2.05) is 0 Å². The van der Waals surface area contributed by atoms with Crippen LogP contribution < -0.4 is 10.5 Å². The minimum atomic E-state index is -0.461. The molecule has 1 aromatic heterocycles. The van der Waals surface area contributed by atoms with Crippen molar-refractivity contribution in [2.45, 2.75) is 17.0 Å². The summed E-state index contributed by atoms with van der Waals surface area (Å²) in [5, 5.41) is 4.63. The summed E-state index contributed by atoms with van der Waals surface area (Å²) in [6, 6.07) is 2.83. The maximum Gasteiger partial charge on any atom is 0.190 e. The first-order valence-electron chi connectivity index (χ1n) is 5.35. The lowest BCUT2D eigenvalue weighted by Gasteiger charge is -2.09. The molecule has 0 aliphatic carbocycles. The molecule has 0 aliphatic heterocycles. The molecular formula is C11H13FN4OS. The number of nitrogens with two attached hydrogens (primary N) is 1. The summed E-state index contributed by atoms with van der Waals surface area (Å²) in [7, 11) is 1.78. The van der Waals surface area contributed by atoms with E-state index in [1.165, 1.54) is 24.2 Å². The smallest absolute Gasteiger partial charge is 0.190 e. The fourth-order valence-electron chi connectivity index (χ4n) is 1.38. The van der Waals surface area contributed by atoms with Gasteiger partial charge in [0.25, 0.3) is 0 Å². The number of aromatic nitrogens is 3. The fraction of sp³-hybridized carbons (Fsp3) is 0.273. The Bertz CT molecular complexity index is 558. The van der Waals surface area contributed by atoms with Crippen LogP contribution in [0.15, 0.2) is 28.5 Å². The molecule has 2 N–H and O–H groups in total. The lowest BCUT2D eigenvalue weighted by atomic mass is 10.3. The van der Waals surface area contributed by atoms with Crippen molar-refractivity contribution in [3.05, 3.63) is 24.3 Å². The van der Waals surface area contributed by atoms with Crippen LogP contribution in [0.4, 0.5) is 10.1 Å². The molecule has 5 nitrogen and oxygen atoms in total. The summed E-state index contributed by atoms with van der Waals surface area (Å²) in [5.74, 6) is -0.270. The van der Waals surface area contributed by atoms with Crippen LogP contribution in [-0.2, 0) is 7.05 Å². The van der Waals surface area contributed by atoms with Crippen LogP contribution in [0, 0.1) is 5.82 Å². The van der Waals surface area contributed by atoms with E-state index in [0.29, 0.717) is 22.3 Å².